The molecule has 1 aliphatic heterocycles. The molecule has 1 aliphatic rings. The topological polar surface area (TPSA) is 42.4 Å². The summed E-state index contributed by atoms with van der Waals surface area (Å²) >= 11 is 0. The van der Waals surface area contributed by atoms with Gasteiger partial charge in [0.05, 0.1) is 5.41 Å². The Hall–Kier alpha value is -1.42. The summed E-state index contributed by atoms with van der Waals surface area (Å²) in [5.74, 6) is 2.34. The molecule has 0 amide bonds. The molecular formula is C22H36N2O2. The third-order valence-electron chi connectivity index (χ3n) is 5.85. The highest BCUT2D eigenvalue weighted by atomic mass is 16.5. The molecule has 4 heteroatoms. The summed E-state index contributed by atoms with van der Waals surface area (Å²) in [7, 11) is 2.20. The number of Topliss-reactive ketones (excluding diaryl/α,β-unsaturated/α-hetero) is 1. The normalized spacial score (nSPS) is 21.6. The van der Waals surface area contributed by atoms with Crippen molar-refractivity contribution in [3.05, 3.63) is 23.4 Å². The SMILES string of the molecule is CC[C@@H]1CN(C)CC[C@H]1CCC(=O)C(C)(C)COc1ncc(C)cc1C. The Morgan fingerprint density at radius 1 is 1.35 bits per heavy atom. The standard InChI is InChI=1S/C22H36N2O2/c1-7-18-14-24(6)11-10-19(18)8-9-20(25)22(4,5)15-26-21-17(3)12-16(2)13-23-21/h12-13,18-19H,7-11,14-15H2,1-6H3/t18-,19-/m1/s1. The average Bonchev–Trinajstić information content (AvgIpc) is 2.59. The molecule has 1 saturated heterocycles. The van der Waals surface area contributed by atoms with Crippen molar-refractivity contribution in [2.45, 2.75) is 60.3 Å². The molecule has 2 heterocycles. The maximum absolute atomic E-state index is 12.8. The zero-order valence-electron chi connectivity index (χ0n) is 17.5. The first-order valence-corrected chi connectivity index (χ1v) is 10.0. The lowest BCUT2D eigenvalue weighted by atomic mass is 9.78. The fraction of sp³-hybridized carbons (Fsp3) is 0.727. The van der Waals surface area contributed by atoms with E-state index in [2.05, 4.69) is 29.9 Å². The number of ether oxygens (including phenoxy) is 1. The number of piperidine rings is 1. The Labute approximate surface area is 159 Å². The van der Waals surface area contributed by atoms with Crippen LogP contribution < -0.4 is 4.74 Å². The number of hydrogen-bond acceptors (Lipinski definition) is 4. The zero-order valence-corrected chi connectivity index (χ0v) is 17.5. The highest BCUT2D eigenvalue weighted by molar-refractivity contribution is 5.84. The van der Waals surface area contributed by atoms with Crippen LogP contribution in [0.5, 0.6) is 5.88 Å². The molecule has 2 rings (SSSR count). The average molecular weight is 361 g/mol. The predicted octanol–water partition coefficient (Wildman–Crippen LogP) is 4.43. The molecule has 0 saturated carbocycles. The Balaban J connectivity index is 1.86. The third kappa shape index (κ3) is 5.54. The summed E-state index contributed by atoms with van der Waals surface area (Å²) in [4.78, 5) is 19.6. The molecule has 26 heavy (non-hydrogen) atoms. The van der Waals surface area contributed by atoms with Gasteiger partial charge in [-0.1, -0.05) is 13.3 Å². The quantitative estimate of drug-likeness (QED) is 0.688. The van der Waals surface area contributed by atoms with Gasteiger partial charge in [-0.2, -0.15) is 0 Å². The number of pyridine rings is 1. The number of rotatable bonds is 8. The minimum atomic E-state index is -0.480. The molecule has 1 aromatic rings. The first-order valence-electron chi connectivity index (χ1n) is 10.0. The monoisotopic (exact) mass is 360 g/mol. The first-order chi connectivity index (χ1) is 12.2. The lowest BCUT2D eigenvalue weighted by molar-refractivity contribution is -0.129. The zero-order chi connectivity index (χ0) is 19.3. The highest BCUT2D eigenvalue weighted by Gasteiger charge is 2.31. The van der Waals surface area contributed by atoms with Crippen LogP contribution >= 0.6 is 0 Å². The van der Waals surface area contributed by atoms with Crippen LogP contribution in [0.1, 0.15) is 57.6 Å². The summed E-state index contributed by atoms with van der Waals surface area (Å²) in [6.07, 6.45) is 5.89. The summed E-state index contributed by atoms with van der Waals surface area (Å²) in [6.45, 7) is 13.0. The maximum atomic E-state index is 12.8. The number of hydrogen-bond donors (Lipinski definition) is 0. The Morgan fingerprint density at radius 3 is 2.73 bits per heavy atom. The van der Waals surface area contributed by atoms with E-state index in [0.29, 0.717) is 30.6 Å². The van der Waals surface area contributed by atoms with Crippen molar-refractivity contribution in [2.75, 3.05) is 26.7 Å². The van der Waals surface area contributed by atoms with E-state index in [9.17, 15) is 4.79 Å². The van der Waals surface area contributed by atoms with Crippen molar-refractivity contribution in [1.29, 1.82) is 0 Å². The van der Waals surface area contributed by atoms with Crippen molar-refractivity contribution in [1.82, 2.24) is 9.88 Å². The molecule has 1 fully saturated rings. The van der Waals surface area contributed by atoms with Crippen molar-refractivity contribution in [3.8, 4) is 5.88 Å². The predicted molar refractivity (Wildman–Crippen MR) is 107 cm³/mol. The number of aryl methyl sites for hydroxylation is 2. The summed E-state index contributed by atoms with van der Waals surface area (Å²) < 4.78 is 5.89. The van der Waals surface area contributed by atoms with Crippen molar-refractivity contribution in [3.63, 3.8) is 0 Å². The second-order valence-electron chi connectivity index (χ2n) is 8.75. The molecule has 0 radical (unpaired) electrons. The van der Waals surface area contributed by atoms with E-state index in [1.54, 1.807) is 0 Å². The van der Waals surface area contributed by atoms with Crippen LogP contribution in [0.4, 0.5) is 0 Å². The fourth-order valence-corrected chi connectivity index (χ4v) is 3.94. The van der Waals surface area contributed by atoms with E-state index < -0.39 is 5.41 Å². The maximum Gasteiger partial charge on any atom is 0.216 e. The van der Waals surface area contributed by atoms with Gasteiger partial charge in [-0.3, -0.25) is 4.79 Å². The number of aromatic nitrogens is 1. The molecular weight excluding hydrogens is 324 g/mol. The molecule has 0 aliphatic carbocycles. The molecule has 0 unspecified atom stereocenters. The molecule has 0 bridgehead atoms. The van der Waals surface area contributed by atoms with Gasteiger partial charge in [0, 0.05) is 24.7 Å². The lowest BCUT2D eigenvalue weighted by Gasteiger charge is -2.36. The lowest BCUT2D eigenvalue weighted by Crippen LogP contribution is -2.38. The van der Waals surface area contributed by atoms with Crippen LogP contribution in [0.25, 0.3) is 0 Å². The number of likely N-dealkylation sites (tertiary alicyclic amines) is 1. The van der Waals surface area contributed by atoms with Crippen LogP contribution in [-0.4, -0.2) is 42.4 Å². The molecule has 4 nitrogen and oxygen atoms in total. The second kappa shape index (κ2) is 8.98. The van der Waals surface area contributed by atoms with E-state index in [-0.39, 0.29) is 0 Å². The van der Waals surface area contributed by atoms with E-state index in [1.165, 1.54) is 19.4 Å². The van der Waals surface area contributed by atoms with Crippen LogP contribution in [-0.2, 0) is 4.79 Å². The number of nitrogens with zero attached hydrogens (tertiary/aromatic N) is 2. The summed E-state index contributed by atoms with van der Waals surface area (Å²) in [5, 5.41) is 0. The van der Waals surface area contributed by atoms with E-state index >= 15 is 0 Å². The smallest absolute Gasteiger partial charge is 0.216 e. The number of carbonyl (C=O) groups is 1. The fourth-order valence-electron chi connectivity index (χ4n) is 3.94. The van der Waals surface area contributed by atoms with E-state index in [4.69, 9.17) is 4.74 Å². The van der Waals surface area contributed by atoms with Crippen molar-refractivity contribution < 1.29 is 9.53 Å². The molecule has 0 N–H and O–H groups in total. The molecule has 1 aromatic heterocycles. The van der Waals surface area contributed by atoms with E-state index in [1.807, 2.05) is 33.9 Å². The van der Waals surface area contributed by atoms with Gasteiger partial charge in [-0.25, -0.2) is 4.98 Å². The van der Waals surface area contributed by atoms with Gasteiger partial charge in [0.1, 0.15) is 12.4 Å². The first kappa shape index (κ1) is 20.9. The van der Waals surface area contributed by atoms with Crippen LogP contribution in [0.2, 0.25) is 0 Å². The molecule has 146 valence electrons. The molecule has 0 spiro atoms. The van der Waals surface area contributed by atoms with Crippen molar-refractivity contribution >= 4 is 5.78 Å². The van der Waals surface area contributed by atoms with Gasteiger partial charge in [0.2, 0.25) is 5.88 Å². The van der Waals surface area contributed by atoms with Crippen molar-refractivity contribution in [2.24, 2.45) is 17.3 Å². The van der Waals surface area contributed by atoms with E-state index in [0.717, 1.165) is 30.0 Å². The van der Waals surface area contributed by atoms with Crippen LogP contribution in [0.3, 0.4) is 0 Å². The van der Waals surface area contributed by atoms with Gasteiger partial charge in [-0.15, -0.1) is 0 Å². The van der Waals surface area contributed by atoms with Gasteiger partial charge in [-0.05, 0) is 77.6 Å². The Kier molecular flexibility index (Phi) is 7.22. The van der Waals surface area contributed by atoms with Gasteiger partial charge < -0.3 is 9.64 Å². The highest BCUT2D eigenvalue weighted by Crippen LogP contribution is 2.31. The van der Waals surface area contributed by atoms with Gasteiger partial charge in [0.25, 0.3) is 0 Å². The minimum absolute atomic E-state index is 0.302. The molecule has 0 aromatic carbocycles. The number of carbonyl (C=O) groups excluding carboxylic acids is 1. The largest absolute Gasteiger partial charge is 0.476 e. The Morgan fingerprint density at radius 2 is 2.08 bits per heavy atom. The van der Waals surface area contributed by atoms with Gasteiger partial charge >= 0.3 is 0 Å². The van der Waals surface area contributed by atoms with Crippen LogP contribution in [0.15, 0.2) is 12.3 Å². The summed E-state index contributed by atoms with van der Waals surface area (Å²) in [6, 6.07) is 2.06. The number of ketones is 1. The summed E-state index contributed by atoms with van der Waals surface area (Å²) in [5.41, 5.74) is 1.66. The second-order valence-corrected chi connectivity index (χ2v) is 8.75. The minimum Gasteiger partial charge on any atom is -0.476 e. The van der Waals surface area contributed by atoms with Crippen LogP contribution in [0, 0.1) is 31.1 Å². The third-order valence-corrected chi connectivity index (χ3v) is 5.85. The Bertz CT molecular complexity index is 612. The molecule has 2 atom stereocenters. The van der Waals surface area contributed by atoms with Gasteiger partial charge in [0.15, 0.2) is 0 Å².